The lowest BCUT2D eigenvalue weighted by molar-refractivity contribution is 0.683. The lowest BCUT2D eigenvalue weighted by Gasteiger charge is -2.03. The Morgan fingerprint density at radius 2 is 1.93 bits per heavy atom. The fraction of sp³-hybridized carbons (Fsp3) is 0.600. The average Bonchev–Trinajstić information content (AvgIpc) is 2.21. The summed E-state index contributed by atoms with van der Waals surface area (Å²) in [5.74, 6) is 0.663. The van der Waals surface area contributed by atoms with Gasteiger partial charge in [-0.3, -0.25) is 0 Å². The van der Waals surface area contributed by atoms with Crippen molar-refractivity contribution in [3.8, 4) is 0 Å². The first-order valence-electron chi connectivity index (χ1n) is 5.14. The van der Waals surface area contributed by atoms with Crippen molar-refractivity contribution in [2.45, 2.75) is 32.6 Å². The average molecular weight is 194 g/mol. The van der Waals surface area contributed by atoms with Crippen molar-refractivity contribution >= 4 is 11.6 Å². The third-order valence-corrected chi connectivity index (χ3v) is 1.99. The quantitative estimate of drug-likeness (QED) is 0.680. The van der Waals surface area contributed by atoms with Crippen LogP contribution in [0.3, 0.4) is 0 Å². The van der Waals surface area contributed by atoms with Crippen molar-refractivity contribution < 1.29 is 0 Å². The van der Waals surface area contributed by atoms with Crippen LogP contribution in [0.4, 0.5) is 11.6 Å². The van der Waals surface area contributed by atoms with Crippen molar-refractivity contribution in [3.05, 3.63) is 12.4 Å². The van der Waals surface area contributed by atoms with Crippen LogP contribution in [-0.4, -0.2) is 16.5 Å². The fourth-order valence-corrected chi connectivity index (χ4v) is 1.18. The van der Waals surface area contributed by atoms with Gasteiger partial charge in [-0.1, -0.05) is 26.2 Å². The number of unbranched alkanes of at least 4 members (excludes halogenated alkanes) is 3. The summed E-state index contributed by atoms with van der Waals surface area (Å²) in [5.41, 5.74) is 6.07. The van der Waals surface area contributed by atoms with Gasteiger partial charge >= 0.3 is 0 Å². The maximum atomic E-state index is 5.47. The van der Waals surface area contributed by atoms with E-state index in [0.29, 0.717) is 11.6 Å². The molecule has 1 heterocycles. The van der Waals surface area contributed by atoms with Gasteiger partial charge in [-0.25, -0.2) is 9.97 Å². The van der Waals surface area contributed by atoms with E-state index in [1.54, 1.807) is 12.4 Å². The monoisotopic (exact) mass is 194 g/mol. The SMILES string of the molecule is CCCCCCNc1ncc(N)cn1. The minimum absolute atomic E-state index is 0.599. The third kappa shape index (κ3) is 4.07. The molecule has 0 aromatic carbocycles. The molecule has 0 radical (unpaired) electrons. The second-order valence-electron chi connectivity index (χ2n) is 3.33. The summed E-state index contributed by atoms with van der Waals surface area (Å²) in [7, 11) is 0. The van der Waals surface area contributed by atoms with Crippen molar-refractivity contribution in [2.24, 2.45) is 0 Å². The van der Waals surface area contributed by atoms with Gasteiger partial charge in [0, 0.05) is 6.54 Å². The Bertz CT molecular complexity index is 245. The molecule has 1 aromatic heterocycles. The first-order chi connectivity index (χ1) is 6.83. The van der Waals surface area contributed by atoms with Crippen LogP contribution in [0.2, 0.25) is 0 Å². The number of aromatic nitrogens is 2. The van der Waals surface area contributed by atoms with Crippen LogP contribution >= 0.6 is 0 Å². The topological polar surface area (TPSA) is 63.8 Å². The van der Waals surface area contributed by atoms with Crippen LogP contribution in [0.5, 0.6) is 0 Å². The number of nitrogens with one attached hydrogen (secondary N) is 1. The molecule has 4 nitrogen and oxygen atoms in total. The second kappa shape index (κ2) is 6.18. The zero-order valence-electron chi connectivity index (χ0n) is 8.66. The van der Waals surface area contributed by atoms with Gasteiger partial charge in [0.2, 0.25) is 5.95 Å². The molecule has 78 valence electrons. The van der Waals surface area contributed by atoms with E-state index in [9.17, 15) is 0 Å². The molecule has 0 bridgehead atoms. The number of anilines is 2. The van der Waals surface area contributed by atoms with Crippen LogP contribution in [-0.2, 0) is 0 Å². The van der Waals surface area contributed by atoms with Crippen LogP contribution < -0.4 is 11.1 Å². The van der Waals surface area contributed by atoms with E-state index in [4.69, 9.17) is 5.73 Å². The summed E-state index contributed by atoms with van der Waals surface area (Å²) in [4.78, 5) is 8.10. The molecule has 0 unspecified atom stereocenters. The van der Waals surface area contributed by atoms with Gasteiger partial charge in [0.25, 0.3) is 0 Å². The first-order valence-corrected chi connectivity index (χ1v) is 5.14. The van der Waals surface area contributed by atoms with Crippen molar-refractivity contribution in [1.82, 2.24) is 9.97 Å². The molecule has 0 saturated carbocycles. The summed E-state index contributed by atoms with van der Waals surface area (Å²) < 4.78 is 0. The maximum absolute atomic E-state index is 5.47. The third-order valence-electron chi connectivity index (χ3n) is 1.99. The Morgan fingerprint density at radius 3 is 2.57 bits per heavy atom. The predicted octanol–water partition coefficient (Wildman–Crippen LogP) is 2.05. The number of nitrogens with two attached hydrogens (primary N) is 1. The molecule has 4 heteroatoms. The molecule has 0 aliphatic carbocycles. The highest BCUT2D eigenvalue weighted by molar-refractivity contribution is 5.35. The smallest absolute Gasteiger partial charge is 0.222 e. The molecule has 0 spiro atoms. The Balaban J connectivity index is 2.15. The number of rotatable bonds is 6. The zero-order valence-corrected chi connectivity index (χ0v) is 8.66. The second-order valence-corrected chi connectivity index (χ2v) is 3.33. The van der Waals surface area contributed by atoms with E-state index in [-0.39, 0.29) is 0 Å². The van der Waals surface area contributed by atoms with Gasteiger partial charge in [0.1, 0.15) is 0 Å². The van der Waals surface area contributed by atoms with Crippen LogP contribution in [0.15, 0.2) is 12.4 Å². The maximum Gasteiger partial charge on any atom is 0.222 e. The Kier molecular flexibility index (Phi) is 4.75. The van der Waals surface area contributed by atoms with Crippen LogP contribution in [0, 0.1) is 0 Å². The molecule has 0 amide bonds. The molecule has 0 saturated heterocycles. The van der Waals surface area contributed by atoms with Crippen LogP contribution in [0.25, 0.3) is 0 Å². The summed E-state index contributed by atoms with van der Waals surface area (Å²) >= 11 is 0. The Hall–Kier alpha value is -1.32. The summed E-state index contributed by atoms with van der Waals surface area (Å²) in [5, 5.41) is 3.15. The number of hydrogen-bond donors (Lipinski definition) is 2. The summed E-state index contributed by atoms with van der Waals surface area (Å²) in [6, 6.07) is 0. The van der Waals surface area contributed by atoms with Gasteiger partial charge in [-0.2, -0.15) is 0 Å². The predicted molar refractivity (Wildman–Crippen MR) is 59.1 cm³/mol. The standard InChI is InChI=1S/C10H18N4/c1-2-3-4-5-6-12-10-13-7-9(11)8-14-10/h7-8H,2-6,11H2,1H3,(H,12,13,14). The molecule has 0 aliphatic heterocycles. The fourth-order valence-electron chi connectivity index (χ4n) is 1.18. The first kappa shape index (κ1) is 10.8. The molecule has 3 N–H and O–H groups in total. The minimum Gasteiger partial charge on any atom is -0.396 e. The molecule has 14 heavy (non-hydrogen) atoms. The highest BCUT2D eigenvalue weighted by Crippen LogP contribution is 2.02. The van der Waals surface area contributed by atoms with Gasteiger partial charge in [-0.05, 0) is 6.42 Å². The Labute approximate surface area is 85.0 Å². The van der Waals surface area contributed by atoms with E-state index in [2.05, 4.69) is 22.2 Å². The van der Waals surface area contributed by atoms with Gasteiger partial charge < -0.3 is 11.1 Å². The highest BCUT2D eigenvalue weighted by atomic mass is 15.1. The number of nitrogens with zero attached hydrogens (tertiary/aromatic N) is 2. The molecular weight excluding hydrogens is 176 g/mol. The van der Waals surface area contributed by atoms with E-state index in [0.717, 1.165) is 6.54 Å². The van der Waals surface area contributed by atoms with E-state index >= 15 is 0 Å². The highest BCUT2D eigenvalue weighted by Gasteiger charge is 1.93. The largest absolute Gasteiger partial charge is 0.396 e. The van der Waals surface area contributed by atoms with Crippen molar-refractivity contribution in [1.29, 1.82) is 0 Å². The summed E-state index contributed by atoms with van der Waals surface area (Å²) in [6.45, 7) is 3.14. The molecular formula is C10H18N4. The molecule has 1 rings (SSSR count). The van der Waals surface area contributed by atoms with E-state index < -0.39 is 0 Å². The molecule has 1 aromatic rings. The zero-order chi connectivity index (χ0) is 10.2. The van der Waals surface area contributed by atoms with Gasteiger partial charge in [0.05, 0.1) is 18.1 Å². The lowest BCUT2D eigenvalue weighted by atomic mass is 10.2. The normalized spacial score (nSPS) is 10.1. The van der Waals surface area contributed by atoms with E-state index in [1.165, 1.54) is 25.7 Å². The Morgan fingerprint density at radius 1 is 1.21 bits per heavy atom. The number of nitrogen functional groups attached to an aromatic ring is 1. The van der Waals surface area contributed by atoms with Gasteiger partial charge in [0.15, 0.2) is 0 Å². The van der Waals surface area contributed by atoms with Crippen molar-refractivity contribution in [2.75, 3.05) is 17.6 Å². The minimum atomic E-state index is 0.599. The van der Waals surface area contributed by atoms with E-state index in [1.807, 2.05) is 0 Å². The van der Waals surface area contributed by atoms with Crippen molar-refractivity contribution in [3.63, 3.8) is 0 Å². The summed E-state index contributed by atoms with van der Waals surface area (Å²) in [6.07, 6.45) is 8.21. The molecule has 0 fully saturated rings. The molecule has 0 atom stereocenters. The lowest BCUT2D eigenvalue weighted by Crippen LogP contribution is -2.05. The molecule has 0 aliphatic rings. The number of hydrogen-bond acceptors (Lipinski definition) is 4. The van der Waals surface area contributed by atoms with Gasteiger partial charge in [-0.15, -0.1) is 0 Å². The van der Waals surface area contributed by atoms with Crippen LogP contribution in [0.1, 0.15) is 32.6 Å².